The maximum Gasteiger partial charge on any atom is 0.0449 e. The number of nitrogens with one attached hydrogen (secondary N) is 1. The Bertz CT molecular complexity index is 307. The van der Waals surface area contributed by atoms with Gasteiger partial charge in [-0.2, -0.15) is 0 Å². The molecular formula is C13H20N2. The van der Waals surface area contributed by atoms with Crippen LogP contribution < -0.4 is 11.1 Å². The molecule has 1 rings (SSSR count). The molecule has 0 radical (unpaired) electrons. The van der Waals surface area contributed by atoms with Crippen molar-refractivity contribution < 1.29 is 0 Å². The predicted octanol–water partition coefficient (Wildman–Crippen LogP) is 2.02. The van der Waals surface area contributed by atoms with Crippen LogP contribution in [-0.2, 0) is 6.42 Å². The van der Waals surface area contributed by atoms with Crippen molar-refractivity contribution in [2.75, 3.05) is 13.1 Å². The van der Waals surface area contributed by atoms with Gasteiger partial charge in [-0.15, -0.1) is 6.58 Å². The SMILES string of the molecule is C=CCNC(CN)c1ccccc1CC. The van der Waals surface area contributed by atoms with Gasteiger partial charge in [0.1, 0.15) is 0 Å². The Hall–Kier alpha value is -1.12. The maximum atomic E-state index is 5.77. The molecule has 1 aromatic rings. The van der Waals surface area contributed by atoms with Crippen LogP contribution in [0, 0.1) is 0 Å². The molecule has 15 heavy (non-hydrogen) atoms. The lowest BCUT2D eigenvalue weighted by Gasteiger charge is -2.19. The predicted molar refractivity (Wildman–Crippen MR) is 65.8 cm³/mol. The smallest absolute Gasteiger partial charge is 0.0449 e. The second-order valence-corrected chi connectivity index (χ2v) is 3.54. The van der Waals surface area contributed by atoms with E-state index >= 15 is 0 Å². The minimum absolute atomic E-state index is 0.235. The fourth-order valence-corrected chi connectivity index (χ4v) is 1.74. The molecule has 0 heterocycles. The first-order valence-electron chi connectivity index (χ1n) is 5.45. The molecule has 1 unspecified atom stereocenters. The van der Waals surface area contributed by atoms with Gasteiger partial charge in [-0.1, -0.05) is 37.3 Å². The first kappa shape index (κ1) is 12.0. The molecule has 0 aliphatic rings. The number of hydrogen-bond acceptors (Lipinski definition) is 2. The zero-order valence-electron chi connectivity index (χ0n) is 9.37. The lowest BCUT2D eigenvalue weighted by molar-refractivity contribution is 0.573. The lowest BCUT2D eigenvalue weighted by atomic mass is 9.98. The van der Waals surface area contributed by atoms with Crippen molar-refractivity contribution in [1.82, 2.24) is 5.32 Å². The zero-order chi connectivity index (χ0) is 11.1. The molecule has 1 aromatic carbocycles. The Labute approximate surface area is 92.2 Å². The molecule has 1 atom stereocenters. The van der Waals surface area contributed by atoms with Gasteiger partial charge >= 0.3 is 0 Å². The minimum atomic E-state index is 0.235. The molecule has 3 N–H and O–H groups in total. The molecule has 0 aromatic heterocycles. The summed E-state index contributed by atoms with van der Waals surface area (Å²) in [4.78, 5) is 0. The van der Waals surface area contributed by atoms with Crippen LogP contribution in [0.25, 0.3) is 0 Å². The van der Waals surface area contributed by atoms with E-state index < -0.39 is 0 Å². The second-order valence-electron chi connectivity index (χ2n) is 3.54. The van der Waals surface area contributed by atoms with Crippen LogP contribution in [0.1, 0.15) is 24.1 Å². The summed E-state index contributed by atoms with van der Waals surface area (Å²) in [7, 11) is 0. The van der Waals surface area contributed by atoms with Crippen molar-refractivity contribution >= 4 is 0 Å². The summed E-state index contributed by atoms with van der Waals surface area (Å²) in [5.74, 6) is 0. The van der Waals surface area contributed by atoms with E-state index in [-0.39, 0.29) is 6.04 Å². The van der Waals surface area contributed by atoms with Gasteiger partial charge in [0.2, 0.25) is 0 Å². The van der Waals surface area contributed by atoms with Crippen LogP contribution in [0.5, 0.6) is 0 Å². The Morgan fingerprint density at radius 1 is 1.47 bits per heavy atom. The second kappa shape index (κ2) is 6.38. The van der Waals surface area contributed by atoms with E-state index in [4.69, 9.17) is 5.73 Å². The van der Waals surface area contributed by atoms with Crippen LogP contribution in [-0.4, -0.2) is 13.1 Å². The summed E-state index contributed by atoms with van der Waals surface area (Å²) in [5.41, 5.74) is 8.45. The van der Waals surface area contributed by atoms with Crippen LogP contribution >= 0.6 is 0 Å². The zero-order valence-corrected chi connectivity index (χ0v) is 9.37. The Balaban J connectivity index is 2.84. The molecule has 0 aliphatic heterocycles. The van der Waals surface area contributed by atoms with E-state index in [0.717, 1.165) is 13.0 Å². The van der Waals surface area contributed by atoms with Crippen LogP contribution in [0.4, 0.5) is 0 Å². The topological polar surface area (TPSA) is 38.0 Å². The molecule has 2 nitrogen and oxygen atoms in total. The Morgan fingerprint density at radius 2 is 2.20 bits per heavy atom. The van der Waals surface area contributed by atoms with Gasteiger partial charge in [-0.05, 0) is 17.5 Å². The van der Waals surface area contributed by atoms with E-state index in [2.05, 4.69) is 43.1 Å². The molecule has 0 aliphatic carbocycles. The summed E-state index contributed by atoms with van der Waals surface area (Å²) in [6, 6.07) is 8.68. The van der Waals surface area contributed by atoms with Crippen LogP contribution in [0.15, 0.2) is 36.9 Å². The number of aryl methyl sites for hydroxylation is 1. The van der Waals surface area contributed by atoms with E-state index in [9.17, 15) is 0 Å². The molecule has 0 fully saturated rings. The van der Waals surface area contributed by atoms with Gasteiger partial charge in [-0.3, -0.25) is 0 Å². The Morgan fingerprint density at radius 3 is 2.80 bits per heavy atom. The molecule has 2 heteroatoms. The number of benzene rings is 1. The summed E-state index contributed by atoms with van der Waals surface area (Å²) in [6.07, 6.45) is 2.90. The summed E-state index contributed by atoms with van der Waals surface area (Å²) < 4.78 is 0. The normalized spacial score (nSPS) is 12.4. The molecule has 0 spiro atoms. The highest BCUT2D eigenvalue weighted by atomic mass is 14.9. The fourth-order valence-electron chi connectivity index (χ4n) is 1.74. The van der Waals surface area contributed by atoms with Crippen molar-refractivity contribution in [1.29, 1.82) is 0 Å². The molecule has 0 saturated carbocycles. The number of rotatable bonds is 6. The van der Waals surface area contributed by atoms with E-state index in [0.29, 0.717) is 6.54 Å². The maximum absolute atomic E-state index is 5.77. The highest BCUT2D eigenvalue weighted by Crippen LogP contribution is 2.17. The van der Waals surface area contributed by atoms with E-state index in [1.807, 2.05) is 6.08 Å². The van der Waals surface area contributed by atoms with Crippen LogP contribution in [0.3, 0.4) is 0 Å². The number of hydrogen-bond donors (Lipinski definition) is 2. The first-order valence-corrected chi connectivity index (χ1v) is 5.45. The molecule has 0 bridgehead atoms. The third-order valence-corrected chi connectivity index (χ3v) is 2.56. The first-order chi connectivity index (χ1) is 7.33. The minimum Gasteiger partial charge on any atom is -0.329 e. The van der Waals surface area contributed by atoms with Crippen LogP contribution in [0.2, 0.25) is 0 Å². The summed E-state index contributed by atoms with van der Waals surface area (Å²) in [6.45, 7) is 7.27. The lowest BCUT2D eigenvalue weighted by Crippen LogP contribution is -2.29. The van der Waals surface area contributed by atoms with Gasteiger partial charge in [0, 0.05) is 19.1 Å². The largest absolute Gasteiger partial charge is 0.329 e. The summed E-state index contributed by atoms with van der Waals surface area (Å²) >= 11 is 0. The van der Waals surface area contributed by atoms with Gasteiger partial charge in [0.25, 0.3) is 0 Å². The molecular weight excluding hydrogens is 184 g/mol. The molecule has 82 valence electrons. The number of nitrogens with two attached hydrogens (primary N) is 1. The van der Waals surface area contributed by atoms with Gasteiger partial charge in [0.05, 0.1) is 0 Å². The van der Waals surface area contributed by atoms with Gasteiger partial charge in [0.15, 0.2) is 0 Å². The van der Waals surface area contributed by atoms with Crippen molar-refractivity contribution in [3.8, 4) is 0 Å². The third kappa shape index (κ3) is 3.18. The molecule has 0 amide bonds. The van der Waals surface area contributed by atoms with E-state index in [1.54, 1.807) is 0 Å². The van der Waals surface area contributed by atoms with Crippen molar-refractivity contribution in [2.45, 2.75) is 19.4 Å². The fraction of sp³-hybridized carbons (Fsp3) is 0.385. The highest BCUT2D eigenvalue weighted by molar-refractivity contribution is 5.30. The molecule has 0 saturated heterocycles. The van der Waals surface area contributed by atoms with Gasteiger partial charge < -0.3 is 11.1 Å². The van der Waals surface area contributed by atoms with Crippen molar-refractivity contribution in [2.24, 2.45) is 5.73 Å². The van der Waals surface area contributed by atoms with Crippen molar-refractivity contribution in [3.63, 3.8) is 0 Å². The van der Waals surface area contributed by atoms with E-state index in [1.165, 1.54) is 11.1 Å². The van der Waals surface area contributed by atoms with Crippen molar-refractivity contribution in [3.05, 3.63) is 48.0 Å². The summed E-state index contributed by atoms with van der Waals surface area (Å²) in [5, 5.41) is 3.37. The monoisotopic (exact) mass is 204 g/mol. The average molecular weight is 204 g/mol. The van der Waals surface area contributed by atoms with Gasteiger partial charge in [-0.25, -0.2) is 0 Å². The highest BCUT2D eigenvalue weighted by Gasteiger charge is 2.10. The quantitative estimate of drug-likeness (QED) is 0.696. The Kier molecular flexibility index (Phi) is 5.08. The average Bonchev–Trinajstić information content (AvgIpc) is 2.30. The standard InChI is InChI=1S/C13H20N2/c1-3-9-15-13(10-14)12-8-6-5-7-11(12)4-2/h3,5-8,13,15H,1,4,9-10,14H2,2H3. The third-order valence-electron chi connectivity index (χ3n) is 2.56.